The predicted molar refractivity (Wildman–Crippen MR) is 336 cm³/mol. The van der Waals surface area contributed by atoms with Gasteiger partial charge < -0.3 is 74.6 Å². The van der Waals surface area contributed by atoms with Gasteiger partial charge in [0, 0.05) is 62.0 Å². The summed E-state index contributed by atoms with van der Waals surface area (Å²) in [5.74, 6) is -3.87. The third-order valence-corrected chi connectivity index (χ3v) is 18.5. The molecule has 8 N–H and O–H groups in total. The quantitative estimate of drug-likeness (QED) is 0.0172. The zero-order chi connectivity index (χ0) is 65.4. The number of urea groups is 1. The zero-order valence-corrected chi connectivity index (χ0v) is 55.6. The van der Waals surface area contributed by atoms with Crippen molar-refractivity contribution in [1.29, 1.82) is 0 Å². The van der Waals surface area contributed by atoms with Crippen molar-refractivity contribution in [3.63, 3.8) is 0 Å². The largest absolute Gasteiger partial charge is 0.495 e. The van der Waals surface area contributed by atoms with Gasteiger partial charge in [-0.1, -0.05) is 88.0 Å². The molecule has 3 aliphatic rings. The van der Waals surface area contributed by atoms with Gasteiger partial charge in [0.1, 0.15) is 58.7 Å². The van der Waals surface area contributed by atoms with E-state index in [9.17, 15) is 48.3 Å². The third kappa shape index (κ3) is 19.0. The van der Waals surface area contributed by atoms with Crippen LogP contribution in [-0.4, -0.2) is 181 Å². The minimum Gasteiger partial charge on any atom is -0.495 e. The number of aliphatic hydroxyl groups is 1. The molecule has 4 bridgehead atoms. The Morgan fingerprint density at radius 2 is 1.70 bits per heavy atom. The second-order valence-electron chi connectivity index (χ2n) is 23.3. The molecular formula is C61H85Br2ClN8O16. The first-order chi connectivity index (χ1) is 41.5. The lowest BCUT2D eigenvalue weighted by molar-refractivity contribution is -0.158. The number of nitrogens with zero attached hydrogens (tertiary/aromatic N) is 2. The summed E-state index contributed by atoms with van der Waals surface area (Å²) in [7, 11) is 5.78. The average molecular weight is 1380 g/mol. The molecule has 3 aliphatic heterocycles. The number of primary amides is 1. The number of nitrogens with one attached hydrogen (secondary N) is 5. The second-order valence-corrected chi connectivity index (χ2v) is 24.8. The molecule has 24 nitrogen and oxygen atoms in total. The lowest BCUT2D eigenvalue weighted by atomic mass is 9.83. The highest BCUT2D eigenvalue weighted by molar-refractivity contribution is 9.10. The Morgan fingerprint density at radius 1 is 1.02 bits per heavy atom. The Hall–Kier alpha value is -6.00. The molecule has 2 fully saturated rings. The molecule has 2 aromatic carbocycles. The Balaban J connectivity index is 1.32. The van der Waals surface area contributed by atoms with Gasteiger partial charge >= 0.3 is 18.1 Å². The molecule has 0 aromatic heterocycles. The van der Waals surface area contributed by atoms with Gasteiger partial charge in [-0.15, -0.1) is 0 Å². The van der Waals surface area contributed by atoms with Gasteiger partial charge in [-0.2, -0.15) is 0 Å². The van der Waals surface area contributed by atoms with Crippen molar-refractivity contribution in [2.75, 3.05) is 55.7 Å². The molecule has 2 unspecified atom stereocenters. The number of hydrogen-bond donors (Lipinski definition) is 7. The fourth-order valence-electron chi connectivity index (χ4n) is 10.6. The van der Waals surface area contributed by atoms with E-state index >= 15 is 0 Å². The number of carbonyl (C=O) groups is 9. The maximum absolute atomic E-state index is 14.5. The van der Waals surface area contributed by atoms with Crippen molar-refractivity contribution in [1.82, 2.24) is 26.2 Å². The molecule has 0 spiro atoms. The van der Waals surface area contributed by atoms with Crippen molar-refractivity contribution in [3.05, 3.63) is 76.3 Å². The number of epoxide rings is 1. The summed E-state index contributed by atoms with van der Waals surface area (Å²) in [6, 6.07) is 4.50. The number of benzene rings is 2. The van der Waals surface area contributed by atoms with E-state index in [1.807, 2.05) is 19.9 Å². The number of esters is 1. The number of likely N-dealkylation sites (N-methyl/N-ethyl adjacent to an activating group) is 1. The first-order valence-electron chi connectivity index (χ1n) is 29.1. The number of alkyl carbamates (subject to hydrolysis) is 1. The highest BCUT2D eigenvalue weighted by Gasteiger charge is 2.64. The lowest BCUT2D eigenvalue weighted by Gasteiger charge is -2.42. The molecule has 2 aromatic rings. The highest BCUT2D eigenvalue weighted by atomic mass is 79.9. The van der Waals surface area contributed by atoms with Crippen LogP contribution in [0.25, 0.3) is 0 Å². The van der Waals surface area contributed by atoms with Gasteiger partial charge in [-0.3, -0.25) is 29.8 Å². The Labute approximate surface area is 536 Å². The molecule has 88 heavy (non-hydrogen) atoms. The van der Waals surface area contributed by atoms with Crippen LogP contribution in [0.15, 0.2) is 60.2 Å². The number of allylic oxidation sites excluding steroid dienone is 3. The number of methoxy groups -OCH3 is 2. The van der Waals surface area contributed by atoms with Crippen LogP contribution in [0.1, 0.15) is 109 Å². The number of amides is 7. The van der Waals surface area contributed by atoms with Gasteiger partial charge in [0.25, 0.3) is 5.91 Å². The smallest absolute Gasteiger partial charge is 0.409 e. The monoisotopic (exact) mass is 1380 g/mol. The molecule has 486 valence electrons. The van der Waals surface area contributed by atoms with Crippen LogP contribution < -0.4 is 42.0 Å². The van der Waals surface area contributed by atoms with Gasteiger partial charge in [0.05, 0.1) is 43.5 Å². The van der Waals surface area contributed by atoms with E-state index in [0.29, 0.717) is 47.8 Å². The van der Waals surface area contributed by atoms with E-state index in [2.05, 4.69) is 58.4 Å². The Morgan fingerprint density at radius 3 is 2.31 bits per heavy atom. The maximum atomic E-state index is 14.5. The molecular weight excluding hydrogens is 1300 g/mol. The van der Waals surface area contributed by atoms with Gasteiger partial charge in [-0.25, -0.2) is 14.4 Å². The number of rotatable bonds is 27. The molecule has 2 saturated heterocycles. The summed E-state index contributed by atoms with van der Waals surface area (Å²) < 4.78 is 35.6. The van der Waals surface area contributed by atoms with Crippen molar-refractivity contribution in [3.8, 4) is 5.75 Å². The number of fused-ring (bicyclic) bond motifs is 5. The number of anilines is 2. The van der Waals surface area contributed by atoms with Crippen molar-refractivity contribution in [2.24, 2.45) is 17.6 Å². The van der Waals surface area contributed by atoms with E-state index in [1.165, 1.54) is 64.4 Å². The van der Waals surface area contributed by atoms with Crippen LogP contribution in [0.5, 0.6) is 5.75 Å². The van der Waals surface area contributed by atoms with Crippen molar-refractivity contribution >= 4 is 109 Å². The van der Waals surface area contributed by atoms with Crippen LogP contribution in [0.3, 0.4) is 0 Å². The number of hydrogen-bond acceptors (Lipinski definition) is 17. The number of alkyl halides is 2. The lowest BCUT2D eigenvalue weighted by Crippen LogP contribution is -2.63. The van der Waals surface area contributed by atoms with E-state index in [1.54, 1.807) is 52.0 Å². The van der Waals surface area contributed by atoms with Gasteiger partial charge in [0.15, 0.2) is 12.0 Å². The van der Waals surface area contributed by atoms with Gasteiger partial charge in [0.2, 0.25) is 17.7 Å². The molecule has 7 amide bonds. The fraction of sp³-hybridized carbons (Fsp3) is 0.590. The van der Waals surface area contributed by atoms with Crippen LogP contribution in [0, 0.1) is 11.8 Å². The van der Waals surface area contributed by atoms with E-state index in [-0.39, 0.29) is 54.1 Å². The van der Waals surface area contributed by atoms with Gasteiger partial charge in [-0.05, 0) is 114 Å². The number of ether oxygens (including phenoxy) is 6. The number of halogens is 3. The van der Waals surface area contributed by atoms with E-state index in [0.717, 1.165) is 28.6 Å². The Bertz CT molecular complexity index is 2880. The topological polar surface area (TPSA) is 325 Å². The molecule has 0 saturated carbocycles. The minimum absolute atomic E-state index is 0.0647. The van der Waals surface area contributed by atoms with E-state index in [4.69, 9.17) is 45.8 Å². The van der Waals surface area contributed by atoms with Crippen molar-refractivity contribution < 1.29 is 76.7 Å². The number of carbonyl (C=O) groups excluding carboxylic acids is 9. The number of aldehydes is 2. The SMILES string of the molecule is COc1cc2cc(c1Cl)N(C)C(=O)C[C@H](OC(=O)[C@H](C)N(C)C(=O)c1ccc(NC(=O)[C@H](CCCNC(N)=O)NC(=O)[C@@H](NC(C=O)CCCC(C)OC(C=O)(CBr)CBr)C(C)C)cc1)[C@]1(C)O[C@H]1[C@H](C)[C@@H]1C[C@@](O)(NC(=O)O1)[C@H](OC)/C=C/C=C(\C)C2. The highest BCUT2D eigenvalue weighted by Crippen LogP contribution is 2.49. The third-order valence-electron chi connectivity index (χ3n) is 16.2. The molecule has 5 rings (SSSR count). The fourth-order valence-corrected chi connectivity index (χ4v) is 12.4. The van der Waals surface area contributed by atoms with E-state index < -0.39 is 120 Å². The van der Waals surface area contributed by atoms with Crippen LogP contribution >= 0.6 is 43.5 Å². The van der Waals surface area contributed by atoms with Crippen molar-refractivity contribution in [2.45, 2.75) is 171 Å². The molecule has 27 heteroatoms. The first kappa shape index (κ1) is 72.7. The molecule has 0 radical (unpaired) electrons. The molecule has 12 atom stereocenters. The molecule has 0 aliphatic carbocycles. The Kier molecular flexibility index (Phi) is 27.0. The standard InChI is InChI=1S/C61H85Br2ClN8O16/c1-34(2)51(67-42(30-73)17-13-16-36(4)87-60(31-62,32-63)33-74)54(77)69-43(18-14-24-66-57(65)80)53(76)68-41-22-20-40(21-23-41)55(78)71(8)38(6)56(79)86-48-28-49(75)72(9)44-26-39(27-45(83-10)50(44)64)25-35(3)15-12-19-47(84-11)61(82)29-46(85-58(81)70-61)37(5)52-59(48,7)88-52/h12,15,19-23,26-27,30,33-34,36-38,42-43,46-48,51-52,67,82H,13-14,16-18,24-25,28-29,31-32H2,1-11H3,(H,68,76)(H,69,77)(H,70,81)(H3,65,66,80)/b19-12+,35-15+/t36?,37-,38+,42?,43+,46+,47-,48+,51+,52+,59+,61+/m1/s1. The summed E-state index contributed by atoms with van der Waals surface area (Å²) in [5.41, 5.74) is 3.25. The summed E-state index contributed by atoms with van der Waals surface area (Å²) in [4.78, 5) is 122. The maximum Gasteiger partial charge on any atom is 0.409 e. The summed E-state index contributed by atoms with van der Waals surface area (Å²) in [5, 5.41) is 26.4. The van der Waals surface area contributed by atoms with Crippen LogP contribution in [-0.2, 0) is 58.9 Å². The average Bonchev–Trinajstić information content (AvgIpc) is 2.32. The second kappa shape index (κ2) is 32.7. The summed E-state index contributed by atoms with van der Waals surface area (Å²) >= 11 is 13.5. The minimum atomic E-state index is -1.91. The number of nitrogens with two attached hydrogens (primary N) is 1. The molecule has 3 heterocycles. The normalized spacial score (nSPS) is 24.9. The van der Waals surface area contributed by atoms with Crippen LogP contribution in [0.2, 0.25) is 5.02 Å². The summed E-state index contributed by atoms with van der Waals surface area (Å²) in [6.45, 7) is 12.3. The first-order valence-corrected chi connectivity index (χ1v) is 31.7. The van der Waals surface area contributed by atoms with Crippen LogP contribution in [0.4, 0.5) is 21.0 Å². The summed E-state index contributed by atoms with van der Waals surface area (Å²) in [6.07, 6.45) is 2.90. The predicted octanol–water partition coefficient (Wildman–Crippen LogP) is 6.18. The zero-order valence-electron chi connectivity index (χ0n) is 51.7.